The van der Waals surface area contributed by atoms with Gasteiger partial charge in [0.15, 0.2) is 0 Å². The second-order valence-electron chi connectivity index (χ2n) is 4.19. The van der Waals surface area contributed by atoms with Crippen molar-refractivity contribution in [2.45, 2.75) is 5.92 Å². The van der Waals surface area contributed by atoms with Crippen molar-refractivity contribution < 1.29 is 4.39 Å². The quantitative estimate of drug-likeness (QED) is 0.916. The summed E-state index contributed by atoms with van der Waals surface area (Å²) in [6.07, 6.45) is 3.16. The molecule has 1 N–H and O–H groups in total. The molecule has 0 amide bonds. The molecule has 0 aliphatic carbocycles. The molecule has 1 aliphatic heterocycles. The molecular weight excluding hydrogens is 267 g/mol. The average molecular weight is 277 g/mol. The summed E-state index contributed by atoms with van der Waals surface area (Å²) in [5.74, 6) is -0.300. The Morgan fingerprint density at radius 1 is 1.21 bits per heavy atom. The van der Waals surface area contributed by atoms with Gasteiger partial charge in [0, 0.05) is 12.7 Å². The monoisotopic (exact) mass is 276 g/mol. The first-order chi connectivity index (χ1) is 9.24. The van der Waals surface area contributed by atoms with E-state index in [2.05, 4.69) is 20.5 Å². The SMILES string of the molecule is Fc1ccc(C2=NNCC2c2cncc(Cl)n2)cc1. The highest BCUT2D eigenvalue weighted by atomic mass is 35.5. The van der Waals surface area contributed by atoms with Crippen molar-refractivity contribution in [3.8, 4) is 0 Å². The standard InChI is InChI=1S/C13H10ClFN4/c14-12-7-16-6-11(18-12)10-5-17-19-13(10)8-1-3-9(15)4-2-8/h1-4,6-7,10,17H,5H2. The Labute approximate surface area is 114 Å². The number of hydrogen-bond acceptors (Lipinski definition) is 4. The first-order valence-corrected chi connectivity index (χ1v) is 6.15. The molecule has 6 heteroatoms. The van der Waals surface area contributed by atoms with Crippen LogP contribution in [0.1, 0.15) is 17.2 Å². The van der Waals surface area contributed by atoms with Crippen LogP contribution in [-0.4, -0.2) is 22.2 Å². The maximum absolute atomic E-state index is 13.0. The zero-order valence-corrected chi connectivity index (χ0v) is 10.6. The zero-order chi connectivity index (χ0) is 13.2. The highest BCUT2D eigenvalue weighted by Gasteiger charge is 2.26. The van der Waals surface area contributed by atoms with Crippen molar-refractivity contribution in [2.24, 2.45) is 5.10 Å². The molecule has 0 fully saturated rings. The predicted molar refractivity (Wildman–Crippen MR) is 70.7 cm³/mol. The molecule has 1 aliphatic rings. The first kappa shape index (κ1) is 12.0. The molecule has 1 aromatic heterocycles. The van der Waals surface area contributed by atoms with Crippen molar-refractivity contribution in [3.05, 3.63) is 58.9 Å². The van der Waals surface area contributed by atoms with Crippen LogP contribution in [0.25, 0.3) is 0 Å². The summed E-state index contributed by atoms with van der Waals surface area (Å²) in [4.78, 5) is 8.29. The molecule has 0 saturated heterocycles. The van der Waals surface area contributed by atoms with E-state index >= 15 is 0 Å². The average Bonchev–Trinajstić information content (AvgIpc) is 2.89. The van der Waals surface area contributed by atoms with E-state index in [1.54, 1.807) is 18.3 Å². The zero-order valence-electron chi connectivity index (χ0n) is 9.85. The molecule has 96 valence electrons. The summed E-state index contributed by atoms with van der Waals surface area (Å²) >= 11 is 5.85. The number of nitrogens with zero attached hydrogens (tertiary/aromatic N) is 3. The molecular formula is C13H10ClFN4. The van der Waals surface area contributed by atoms with Gasteiger partial charge < -0.3 is 5.43 Å². The van der Waals surface area contributed by atoms with E-state index in [4.69, 9.17) is 11.6 Å². The maximum Gasteiger partial charge on any atom is 0.147 e. The number of hydrogen-bond donors (Lipinski definition) is 1. The topological polar surface area (TPSA) is 50.2 Å². The minimum atomic E-state index is -0.269. The summed E-state index contributed by atoms with van der Waals surface area (Å²) in [6, 6.07) is 6.23. The van der Waals surface area contributed by atoms with E-state index in [1.165, 1.54) is 18.3 Å². The molecule has 0 spiro atoms. The third kappa shape index (κ3) is 2.42. The van der Waals surface area contributed by atoms with E-state index in [9.17, 15) is 4.39 Å². The Kier molecular flexibility index (Phi) is 3.13. The number of halogens is 2. The largest absolute Gasteiger partial charge is 0.309 e. The highest BCUT2D eigenvalue weighted by Crippen LogP contribution is 2.23. The van der Waals surface area contributed by atoms with Gasteiger partial charge in [0.1, 0.15) is 11.0 Å². The van der Waals surface area contributed by atoms with E-state index in [0.717, 1.165) is 17.0 Å². The number of hydrazone groups is 1. The minimum absolute atomic E-state index is 0.0309. The third-order valence-corrected chi connectivity index (χ3v) is 3.13. The smallest absolute Gasteiger partial charge is 0.147 e. The highest BCUT2D eigenvalue weighted by molar-refractivity contribution is 6.29. The lowest BCUT2D eigenvalue weighted by Crippen LogP contribution is -2.16. The lowest BCUT2D eigenvalue weighted by atomic mass is 9.95. The van der Waals surface area contributed by atoms with Gasteiger partial charge >= 0.3 is 0 Å². The van der Waals surface area contributed by atoms with Crippen molar-refractivity contribution in [3.63, 3.8) is 0 Å². The number of nitrogens with one attached hydrogen (secondary N) is 1. The maximum atomic E-state index is 13.0. The van der Waals surface area contributed by atoms with Gasteiger partial charge in [-0.05, 0) is 17.7 Å². The first-order valence-electron chi connectivity index (χ1n) is 5.78. The summed E-state index contributed by atoms with van der Waals surface area (Å²) in [6.45, 7) is 0.627. The van der Waals surface area contributed by atoms with Crippen molar-refractivity contribution in [1.29, 1.82) is 0 Å². The van der Waals surface area contributed by atoms with Gasteiger partial charge in [-0.15, -0.1) is 0 Å². The predicted octanol–water partition coefficient (Wildman–Crippen LogP) is 2.36. The van der Waals surface area contributed by atoms with Crippen LogP contribution in [0.2, 0.25) is 5.15 Å². The van der Waals surface area contributed by atoms with Gasteiger partial charge in [-0.25, -0.2) is 9.37 Å². The van der Waals surface area contributed by atoms with Crippen molar-refractivity contribution >= 4 is 17.3 Å². The van der Waals surface area contributed by atoms with Gasteiger partial charge in [0.05, 0.1) is 23.5 Å². The number of rotatable bonds is 2. The van der Waals surface area contributed by atoms with E-state index in [1.807, 2.05) is 0 Å². The van der Waals surface area contributed by atoms with Crippen LogP contribution in [-0.2, 0) is 0 Å². The van der Waals surface area contributed by atoms with E-state index in [0.29, 0.717) is 11.7 Å². The fraction of sp³-hybridized carbons (Fsp3) is 0.154. The third-order valence-electron chi connectivity index (χ3n) is 2.95. The van der Waals surface area contributed by atoms with Gasteiger partial charge in [-0.1, -0.05) is 23.7 Å². The van der Waals surface area contributed by atoms with Gasteiger partial charge in [-0.3, -0.25) is 4.98 Å². The Balaban J connectivity index is 1.95. The molecule has 0 bridgehead atoms. The normalized spacial score (nSPS) is 18.0. The molecule has 0 saturated carbocycles. The molecule has 4 nitrogen and oxygen atoms in total. The Morgan fingerprint density at radius 2 is 2.00 bits per heavy atom. The molecule has 1 unspecified atom stereocenters. The molecule has 2 aromatic rings. The van der Waals surface area contributed by atoms with Crippen LogP contribution in [0.4, 0.5) is 4.39 Å². The fourth-order valence-corrected chi connectivity index (χ4v) is 2.21. The Hall–Kier alpha value is -2.01. The number of benzene rings is 1. The summed E-state index contributed by atoms with van der Waals surface area (Å²) in [5.41, 5.74) is 5.36. The lowest BCUT2D eigenvalue weighted by molar-refractivity contribution is 0.627. The molecule has 3 rings (SSSR count). The summed E-state index contributed by atoms with van der Waals surface area (Å²) < 4.78 is 13.0. The molecule has 1 aromatic carbocycles. The van der Waals surface area contributed by atoms with Crippen LogP contribution < -0.4 is 5.43 Å². The van der Waals surface area contributed by atoms with Crippen LogP contribution in [0.3, 0.4) is 0 Å². The molecule has 1 atom stereocenters. The number of aromatic nitrogens is 2. The van der Waals surface area contributed by atoms with Crippen LogP contribution >= 0.6 is 11.6 Å². The van der Waals surface area contributed by atoms with Crippen LogP contribution in [0.15, 0.2) is 41.8 Å². The second kappa shape index (κ2) is 4.93. The van der Waals surface area contributed by atoms with Crippen LogP contribution in [0, 0.1) is 5.82 Å². The van der Waals surface area contributed by atoms with Gasteiger partial charge in [0.25, 0.3) is 0 Å². The van der Waals surface area contributed by atoms with Gasteiger partial charge in [0.2, 0.25) is 0 Å². The Morgan fingerprint density at radius 3 is 2.74 bits per heavy atom. The summed E-state index contributed by atoms with van der Waals surface area (Å²) in [5, 5.41) is 4.61. The fourth-order valence-electron chi connectivity index (χ4n) is 2.05. The molecule has 2 heterocycles. The van der Waals surface area contributed by atoms with Gasteiger partial charge in [-0.2, -0.15) is 5.10 Å². The van der Waals surface area contributed by atoms with E-state index in [-0.39, 0.29) is 11.7 Å². The van der Waals surface area contributed by atoms with Crippen molar-refractivity contribution in [2.75, 3.05) is 6.54 Å². The molecule has 19 heavy (non-hydrogen) atoms. The Bertz CT molecular complexity index is 627. The second-order valence-corrected chi connectivity index (χ2v) is 4.57. The van der Waals surface area contributed by atoms with Crippen LogP contribution in [0.5, 0.6) is 0 Å². The van der Waals surface area contributed by atoms with Crippen molar-refractivity contribution in [1.82, 2.24) is 15.4 Å². The van der Waals surface area contributed by atoms with E-state index < -0.39 is 0 Å². The lowest BCUT2D eigenvalue weighted by Gasteiger charge is -2.11. The summed E-state index contributed by atoms with van der Waals surface area (Å²) in [7, 11) is 0. The minimum Gasteiger partial charge on any atom is -0.309 e. The molecule has 0 radical (unpaired) electrons.